The number of aryl methyl sites for hydroxylation is 1. The van der Waals surface area contributed by atoms with Crippen molar-refractivity contribution >= 4 is 0 Å². The molecule has 0 saturated carbocycles. The second kappa shape index (κ2) is 5.32. The van der Waals surface area contributed by atoms with Gasteiger partial charge in [-0.15, -0.1) is 0 Å². The number of halogens is 1. The van der Waals surface area contributed by atoms with Gasteiger partial charge in [0.05, 0.1) is 0 Å². The Hall–Kier alpha value is -1.67. The summed E-state index contributed by atoms with van der Waals surface area (Å²) in [5.74, 6) is -0.209. The minimum Gasteiger partial charge on any atom is -0.324 e. The molecule has 2 N–H and O–H groups in total. The number of benzene rings is 2. The van der Waals surface area contributed by atoms with Crippen LogP contribution in [-0.2, 0) is 6.42 Å². The summed E-state index contributed by atoms with van der Waals surface area (Å²) in [6.45, 7) is 4.18. The zero-order valence-corrected chi connectivity index (χ0v) is 10.8. The van der Waals surface area contributed by atoms with Gasteiger partial charge >= 0.3 is 0 Å². The highest BCUT2D eigenvalue weighted by Gasteiger charge is 2.10. The molecular formula is C16H18FN. The first-order valence-electron chi connectivity index (χ1n) is 6.14. The van der Waals surface area contributed by atoms with Crippen LogP contribution in [0.5, 0.6) is 0 Å². The van der Waals surface area contributed by atoms with Crippen LogP contribution in [0.15, 0.2) is 42.5 Å². The Bertz CT molecular complexity index is 531. The van der Waals surface area contributed by atoms with Gasteiger partial charge in [-0.05, 0) is 54.7 Å². The maximum absolute atomic E-state index is 12.8. The fourth-order valence-electron chi connectivity index (χ4n) is 2.16. The molecule has 0 saturated heterocycles. The fraction of sp³-hybridized carbons (Fsp3) is 0.250. The van der Waals surface area contributed by atoms with Crippen LogP contribution in [0.4, 0.5) is 4.39 Å². The first kappa shape index (κ1) is 12.8. The number of nitrogens with two attached hydrogens (primary N) is 1. The van der Waals surface area contributed by atoms with Crippen molar-refractivity contribution in [2.45, 2.75) is 26.3 Å². The predicted octanol–water partition coefficient (Wildman–Crippen LogP) is 3.69. The van der Waals surface area contributed by atoms with Gasteiger partial charge in [-0.25, -0.2) is 4.39 Å². The summed E-state index contributed by atoms with van der Waals surface area (Å²) in [5.41, 5.74) is 11.0. The molecule has 1 nitrogen and oxygen atoms in total. The van der Waals surface area contributed by atoms with Gasteiger partial charge in [0.25, 0.3) is 0 Å². The maximum atomic E-state index is 12.8. The standard InChI is InChI=1S/C16H18FN/c1-11-4-3-5-15(12(11)2)16(18)10-13-6-8-14(17)9-7-13/h3-9,16H,10,18H2,1-2H3. The van der Waals surface area contributed by atoms with Gasteiger partial charge in [0, 0.05) is 6.04 Å². The van der Waals surface area contributed by atoms with Crippen LogP contribution in [0.1, 0.15) is 28.3 Å². The van der Waals surface area contributed by atoms with Crippen molar-refractivity contribution in [3.8, 4) is 0 Å². The summed E-state index contributed by atoms with van der Waals surface area (Å²) < 4.78 is 12.8. The molecule has 0 aliphatic rings. The van der Waals surface area contributed by atoms with Crippen molar-refractivity contribution in [3.05, 3.63) is 70.5 Å². The third-order valence-corrected chi connectivity index (χ3v) is 3.41. The normalized spacial score (nSPS) is 12.4. The SMILES string of the molecule is Cc1cccc(C(N)Cc2ccc(F)cc2)c1C. The average molecular weight is 243 g/mol. The van der Waals surface area contributed by atoms with Gasteiger partial charge < -0.3 is 5.73 Å². The number of hydrogen-bond acceptors (Lipinski definition) is 1. The van der Waals surface area contributed by atoms with Crippen LogP contribution in [0, 0.1) is 19.7 Å². The monoisotopic (exact) mass is 243 g/mol. The molecule has 0 amide bonds. The maximum Gasteiger partial charge on any atom is 0.123 e. The lowest BCUT2D eigenvalue weighted by Gasteiger charge is -2.16. The van der Waals surface area contributed by atoms with Gasteiger partial charge in [0.2, 0.25) is 0 Å². The van der Waals surface area contributed by atoms with E-state index in [-0.39, 0.29) is 11.9 Å². The first-order chi connectivity index (χ1) is 8.58. The van der Waals surface area contributed by atoms with Crippen molar-refractivity contribution in [3.63, 3.8) is 0 Å². The Balaban J connectivity index is 2.19. The third kappa shape index (κ3) is 2.77. The molecule has 0 heterocycles. The van der Waals surface area contributed by atoms with Crippen molar-refractivity contribution in [2.75, 3.05) is 0 Å². The minimum atomic E-state index is -0.209. The lowest BCUT2D eigenvalue weighted by atomic mass is 9.94. The summed E-state index contributed by atoms with van der Waals surface area (Å²) in [4.78, 5) is 0. The molecule has 0 aromatic heterocycles. The summed E-state index contributed by atoms with van der Waals surface area (Å²) in [6.07, 6.45) is 0.727. The van der Waals surface area contributed by atoms with E-state index in [1.54, 1.807) is 12.1 Å². The molecule has 0 aliphatic carbocycles. The molecule has 1 unspecified atom stereocenters. The van der Waals surface area contributed by atoms with E-state index < -0.39 is 0 Å². The van der Waals surface area contributed by atoms with E-state index in [1.807, 2.05) is 6.07 Å². The van der Waals surface area contributed by atoms with Crippen molar-refractivity contribution in [2.24, 2.45) is 5.73 Å². The van der Waals surface area contributed by atoms with Crippen LogP contribution in [0.2, 0.25) is 0 Å². The largest absolute Gasteiger partial charge is 0.324 e. The van der Waals surface area contributed by atoms with E-state index in [0.717, 1.165) is 12.0 Å². The highest BCUT2D eigenvalue weighted by atomic mass is 19.1. The molecule has 2 heteroatoms. The first-order valence-corrected chi connectivity index (χ1v) is 6.14. The van der Waals surface area contributed by atoms with Gasteiger partial charge in [-0.1, -0.05) is 30.3 Å². The summed E-state index contributed by atoms with van der Waals surface area (Å²) >= 11 is 0. The Morgan fingerprint density at radius 2 is 1.72 bits per heavy atom. The Labute approximate surface area is 107 Å². The zero-order chi connectivity index (χ0) is 13.1. The van der Waals surface area contributed by atoms with E-state index >= 15 is 0 Å². The molecule has 18 heavy (non-hydrogen) atoms. The van der Waals surface area contributed by atoms with Crippen LogP contribution in [0.25, 0.3) is 0 Å². The van der Waals surface area contributed by atoms with Crippen LogP contribution in [-0.4, -0.2) is 0 Å². The van der Waals surface area contributed by atoms with E-state index in [0.29, 0.717) is 0 Å². The topological polar surface area (TPSA) is 26.0 Å². The lowest BCUT2D eigenvalue weighted by molar-refractivity contribution is 0.625. The summed E-state index contributed by atoms with van der Waals surface area (Å²) in [5, 5.41) is 0. The van der Waals surface area contributed by atoms with Crippen molar-refractivity contribution < 1.29 is 4.39 Å². The van der Waals surface area contributed by atoms with Crippen molar-refractivity contribution in [1.29, 1.82) is 0 Å². The predicted molar refractivity (Wildman–Crippen MR) is 72.9 cm³/mol. The highest BCUT2D eigenvalue weighted by molar-refractivity contribution is 5.36. The second-order valence-corrected chi connectivity index (χ2v) is 4.73. The summed E-state index contributed by atoms with van der Waals surface area (Å²) in [6, 6.07) is 12.7. The second-order valence-electron chi connectivity index (χ2n) is 4.73. The third-order valence-electron chi connectivity index (χ3n) is 3.41. The molecule has 0 spiro atoms. The minimum absolute atomic E-state index is 0.0460. The van der Waals surface area contributed by atoms with Crippen LogP contribution >= 0.6 is 0 Å². The highest BCUT2D eigenvalue weighted by Crippen LogP contribution is 2.22. The molecule has 2 rings (SSSR count). The van der Waals surface area contributed by atoms with E-state index in [9.17, 15) is 4.39 Å². The van der Waals surface area contributed by atoms with E-state index in [2.05, 4.69) is 26.0 Å². The van der Waals surface area contributed by atoms with Gasteiger partial charge in [0.15, 0.2) is 0 Å². The fourth-order valence-corrected chi connectivity index (χ4v) is 2.16. The molecule has 1 atom stereocenters. The van der Waals surface area contributed by atoms with Gasteiger partial charge in [0.1, 0.15) is 5.82 Å². The van der Waals surface area contributed by atoms with E-state index in [4.69, 9.17) is 5.73 Å². The Morgan fingerprint density at radius 1 is 1.06 bits per heavy atom. The number of hydrogen-bond donors (Lipinski definition) is 1. The molecule has 0 radical (unpaired) electrons. The summed E-state index contributed by atoms with van der Waals surface area (Å²) in [7, 11) is 0. The Morgan fingerprint density at radius 3 is 2.39 bits per heavy atom. The molecule has 2 aromatic rings. The molecule has 0 bridgehead atoms. The number of rotatable bonds is 3. The van der Waals surface area contributed by atoms with E-state index in [1.165, 1.54) is 28.8 Å². The van der Waals surface area contributed by atoms with Gasteiger partial charge in [-0.3, -0.25) is 0 Å². The smallest absolute Gasteiger partial charge is 0.123 e. The van der Waals surface area contributed by atoms with Gasteiger partial charge in [-0.2, -0.15) is 0 Å². The van der Waals surface area contributed by atoms with Crippen molar-refractivity contribution in [1.82, 2.24) is 0 Å². The van der Waals surface area contributed by atoms with Crippen LogP contribution < -0.4 is 5.73 Å². The molecule has 2 aromatic carbocycles. The average Bonchev–Trinajstić information content (AvgIpc) is 2.35. The molecule has 0 fully saturated rings. The van der Waals surface area contributed by atoms with Crippen LogP contribution in [0.3, 0.4) is 0 Å². The lowest BCUT2D eigenvalue weighted by Crippen LogP contribution is -2.15. The quantitative estimate of drug-likeness (QED) is 0.874. The molecule has 94 valence electrons. The zero-order valence-electron chi connectivity index (χ0n) is 10.8. The Kier molecular flexibility index (Phi) is 3.78. The molecular weight excluding hydrogens is 225 g/mol. The molecule has 0 aliphatic heterocycles.